The van der Waals surface area contributed by atoms with Crippen LogP contribution in [0, 0.1) is 11.8 Å². The molecule has 7 heteroatoms. The average molecular weight is 306 g/mol. The predicted molar refractivity (Wildman–Crippen MR) is 71.5 cm³/mol. The number of ketones is 2. The lowest BCUT2D eigenvalue weighted by atomic mass is 9.81. The number of aromatic hydroxyl groups is 1. The number of hydrogen-bond donors (Lipinski definition) is 2. The van der Waals surface area contributed by atoms with E-state index in [-0.39, 0.29) is 17.1 Å². The fourth-order valence-electron chi connectivity index (χ4n) is 3.24. The van der Waals surface area contributed by atoms with Crippen LogP contribution in [-0.2, 0) is 14.3 Å². The number of phenolic OH excluding ortho intramolecular Hbond substituents is 1. The molecule has 0 unspecified atom stereocenters. The zero-order valence-electron chi connectivity index (χ0n) is 11.9. The number of methoxy groups -OCH3 is 1. The maximum absolute atomic E-state index is 12.7. The minimum atomic E-state index is -2.60. The molecule has 1 aromatic carbocycles. The molecule has 0 amide bonds. The van der Waals surface area contributed by atoms with Crippen molar-refractivity contribution in [3.05, 3.63) is 23.8 Å². The molecule has 7 nitrogen and oxygen atoms in total. The molecule has 116 valence electrons. The summed E-state index contributed by atoms with van der Waals surface area (Å²) in [5, 5.41) is 20.4. The zero-order valence-corrected chi connectivity index (χ0v) is 11.9. The maximum Gasteiger partial charge on any atom is 0.346 e. The molecule has 1 heterocycles. The minimum absolute atomic E-state index is 0.125. The molecule has 0 aromatic heterocycles. The summed E-state index contributed by atoms with van der Waals surface area (Å²) in [6, 6.07) is 4.27. The molecule has 3 rings (SSSR count). The largest absolute Gasteiger partial charge is 0.507 e. The van der Waals surface area contributed by atoms with E-state index in [1.807, 2.05) is 0 Å². The van der Waals surface area contributed by atoms with Crippen molar-refractivity contribution < 1.29 is 34.1 Å². The lowest BCUT2D eigenvalue weighted by Gasteiger charge is -2.33. The highest BCUT2D eigenvalue weighted by Crippen LogP contribution is 2.48. The normalized spacial score (nSPS) is 33.0. The van der Waals surface area contributed by atoms with E-state index in [0.717, 1.165) is 7.11 Å². The molecule has 0 bridgehead atoms. The van der Waals surface area contributed by atoms with E-state index >= 15 is 0 Å². The van der Waals surface area contributed by atoms with Gasteiger partial charge < -0.3 is 19.7 Å². The van der Waals surface area contributed by atoms with Crippen LogP contribution in [0.4, 0.5) is 0 Å². The topological polar surface area (TPSA) is 110 Å². The Balaban J connectivity index is 2.19. The van der Waals surface area contributed by atoms with Gasteiger partial charge in [0.25, 0.3) is 0 Å². The predicted octanol–water partition coefficient (Wildman–Crippen LogP) is 0.0750. The van der Waals surface area contributed by atoms with E-state index in [1.165, 1.54) is 25.1 Å². The van der Waals surface area contributed by atoms with Gasteiger partial charge in [0.2, 0.25) is 5.60 Å². The molecule has 1 fully saturated rings. The number of fused-ring (bicyclic) bond motifs is 2. The van der Waals surface area contributed by atoms with Gasteiger partial charge in [0, 0.05) is 0 Å². The van der Waals surface area contributed by atoms with Crippen molar-refractivity contribution in [2.24, 2.45) is 11.8 Å². The number of phenols is 1. The molecule has 1 aromatic rings. The molecule has 1 aliphatic carbocycles. The number of esters is 1. The van der Waals surface area contributed by atoms with Gasteiger partial charge in [-0.1, -0.05) is 13.0 Å². The van der Waals surface area contributed by atoms with Gasteiger partial charge in [-0.3, -0.25) is 9.59 Å². The summed E-state index contributed by atoms with van der Waals surface area (Å²) < 4.78 is 10.1. The van der Waals surface area contributed by atoms with E-state index in [4.69, 9.17) is 4.74 Å². The molecular formula is C15H14O7. The molecule has 2 N–H and O–H groups in total. The van der Waals surface area contributed by atoms with E-state index < -0.39 is 41.1 Å². The van der Waals surface area contributed by atoms with E-state index in [2.05, 4.69) is 4.74 Å². The highest BCUT2D eigenvalue weighted by molar-refractivity contribution is 6.18. The third kappa shape index (κ3) is 1.57. The summed E-state index contributed by atoms with van der Waals surface area (Å²) in [6.07, 6.45) is -0.988. The number of hydrogen-bond acceptors (Lipinski definition) is 7. The molecule has 4 atom stereocenters. The second kappa shape index (κ2) is 4.54. The van der Waals surface area contributed by atoms with E-state index in [1.54, 1.807) is 0 Å². The standard InChI is InChI=1S/C15H14O7/c1-6-12-10(15(20,13(6)18)14(19)21-2)11(17)9-7(16)4-3-5-8(9)22-12/h3-6,10,12,16,20H,1-2H3/t6-,10+,12-,15-/m1/s1. The van der Waals surface area contributed by atoms with Crippen molar-refractivity contribution in [2.45, 2.75) is 18.6 Å². The monoisotopic (exact) mass is 306 g/mol. The first-order chi connectivity index (χ1) is 10.3. The Morgan fingerprint density at radius 1 is 1.36 bits per heavy atom. The van der Waals surface area contributed by atoms with Crippen LogP contribution in [0.15, 0.2) is 18.2 Å². The lowest BCUT2D eigenvalue weighted by Crippen LogP contribution is -2.54. The molecule has 0 saturated heterocycles. The highest BCUT2D eigenvalue weighted by atomic mass is 16.5. The molecule has 1 saturated carbocycles. The van der Waals surface area contributed by atoms with Crippen molar-refractivity contribution >= 4 is 17.5 Å². The maximum atomic E-state index is 12.7. The summed E-state index contributed by atoms with van der Waals surface area (Å²) in [6.45, 7) is 1.47. The molecular weight excluding hydrogens is 292 g/mol. The fourth-order valence-corrected chi connectivity index (χ4v) is 3.24. The smallest absolute Gasteiger partial charge is 0.346 e. The Labute approximate surface area is 125 Å². The Morgan fingerprint density at radius 2 is 2.05 bits per heavy atom. The molecule has 2 aliphatic rings. The Bertz CT molecular complexity index is 695. The van der Waals surface area contributed by atoms with Crippen LogP contribution in [0.1, 0.15) is 17.3 Å². The van der Waals surface area contributed by atoms with Gasteiger partial charge in [0.15, 0.2) is 11.6 Å². The van der Waals surface area contributed by atoms with Crippen LogP contribution in [0.5, 0.6) is 11.5 Å². The number of carbonyl (C=O) groups excluding carboxylic acids is 3. The molecule has 1 aliphatic heterocycles. The zero-order chi connectivity index (χ0) is 16.2. The van der Waals surface area contributed by atoms with Crippen LogP contribution in [0.3, 0.4) is 0 Å². The Hall–Kier alpha value is -2.41. The number of carbonyl (C=O) groups is 3. The second-order valence-electron chi connectivity index (χ2n) is 5.49. The third-order valence-corrected chi connectivity index (χ3v) is 4.35. The second-order valence-corrected chi connectivity index (χ2v) is 5.49. The van der Waals surface area contributed by atoms with E-state index in [9.17, 15) is 24.6 Å². The number of ether oxygens (including phenoxy) is 2. The Kier molecular flexibility index (Phi) is 3.00. The van der Waals surface area contributed by atoms with Gasteiger partial charge in [0.05, 0.1) is 13.0 Å². The highest BCUT2D eigenvalue weighted by Gasteiger charge is 2.68. The Morgan fingerprint density at radius 3 is 2.68 bits per heavy atom. The summed E-state index contributed by atoms with van der Waals surface area (Å²) in [5.41, 5.74) is -2.75. The summed E-state index contributed by atoms with van der Waals surface area (Å²) >= 11 is 0. The molecule has 22 heavy (non-hydrogen) atoms. The van der Waals surface area contributed by atoms with Gasteiger partial charge in [-0.2, -0.15) is 0 Å². The number of Topliss-reactive ketones (excluding diaryl/α,β-unsaturated/α-hetero) is 2. The van der Waals surface area contributed by atoms with Crippen molar-refractivity contribution in [1.29, 1.82) is 0 Å². The summed E-state index contributed by atoms with van der Waals surface area (Å²) in [5.74, 6) is -5.26. The average Bonchev–Trinajstić information content (AvgIpc) is 2.69. The van der Waals surface area contributed by atoms with Gasteiger partial charge >= 0.3 is 5.97 Å². The lowest BCUT2D eigenvalue weighted by molar-refractivity contribution is -0.170. The van der Waals surface area contributed by atoms with Gasteiger partial charge in [-0.25, -0.2) is 4.79 Å². The first-order valence-corrected chi connectivity index (χ1v) is 6.72. The number of rotatable bonds is 1. The van der Waals surface area contributed by atoms with Gasteiger partial charge in [-0.15, -0.1) is 0 Å². The minimum Gasteiger partial charge on any atom is -0.507 e. The van der Waals surface area contributed by atoms with Crippen LogP contribution >= 0.6 is 0 Å². The van der Waals surface area contributed by atoms with Crippen LogP contribution in [0.25, 0.3) is 0 Å². The van der Waals surface area contributed by atoms with Crippen molar-refractivity contribution in [2.75, 3.05) is 7.11 Å². The van der Waals surface area contributed by atoms with Crippen LogP contribution in [-0.4, -0.2) is 46.6 Å². The van der Waals surface area contributed by atoms with Crippen molar-refractivity contribution in [3.63, 3.8) is 0 Å². The number of benzene rings is 1. The number of aliphatic hydroxyl groups is 1. The van der Waals surface area contributed by atoms with E-state index in [0.29, 0.717) is 0 Å². The van der Waals surface area contributed by atoms with Gasteiger partial charge in [0.1, 0.15) is 29.1 Å². The fraction of sp³-hybridized carbons (Fsp3) is 0.400. The first kappa shape index (κ1) is 14.5. The van der Waals surface area contributed by atoms with Gasteiger partial charge in [-0.05, 0) is 12.1 Å². The SMILES string of the molecule is COC(=O)[C@]1(O)C(=O)[C@H](C)[C@H]2Oc3cccc(O)c3C(=O)[C@@H]21. The van der Waals surface area contributed by atoms with Crippen molar-refractivity contribution in [3.8, 4) is 11.5 Å². The molecule has 0 radical (unpaired) electrons. The quantitative estimate of drug-likeness (QED) is 0.558. The molecule has 0 spiro atoms. The van der Waals surface area contributed by atoms with Crippen LogP contribution in [0.2, 0.25) is 0 Å². The third-order valence-electron chi connectivity index (χ3n) is 4.35. The summed E-state index contributed by atoms with van der Waals surface area (Å²) in [7, 11) is 1.02. The first-order valence-electron chi connectivity index (χ1n) is 6.72. The van der Waals surface area contributed by atoms with Crippen LogP contribution < -0.4 is 4.74 Å². The summed E-state index contributed by atoms with van der Waals surface area (Å²) in [4.78, 5) is 36.9. The van der Waals surface area contributed by atoms with Crippen molar-refractivity contribution in [1.82, 2.24) is 0 Å².